The zero-order valence-corrected chi connectivity index (χ0v) is 10.0. The summed E-state index contributed by atoms with van der Waals surface area (Å²) >= 11 is 1.57. The SMILES string of the molecule is CC[C@@H](C)NC(=O)CSc1ccccc1. The first-order chi connectivity index (χ1) is 7.22. The molecular formula is C12H17NOS. The van der Waals surface area contributed by atoms with Crippen LogP contribution in [0.3, 0.4) is 0 Å². The van der Waals surface area contributed by atoms with Gasteiger partial charge in [0.15, 0.2) is 0 Å². The fraction of sp³-hybridized carbons (Fsp3) is 0.417. The molecule has 1 amide bonds. The molecule has 0 unspecified atom stereocenters. The highest BCUT2D eigenvalue weighted by molar-refractivity contribution is 8.00. The number of thioether (sulfide) groups is 1. The van der Waals surface area contributed by atoms with E-state index in [4.69, 9.17) is 0 Å². The molecule has 82 valence electrons. The Morgan fingerprint density at radius 1 is 1.40 bits per heavy atom. The van der Waals surface area contributed by atoms with Gasteiger partial charge in [-0.3, -0.25) is 4.79 Å². The van der Waals surface area contributed by atoms with E-state index in [2.05, 4.69) is 12.2 Å². The second kappa shape index (κ2) is 6.51. The molecule has 1 rings (SSSR count). The molecule has 3 heteroatoms. The molecule has 1 aromatic rings. The lowest BCUT2D eigenvalue weighted by atomic mass is 10.3. The van der Waals surface area contributed by atoms with E-state index in [1.165, 1.54) is 0 Å². The number of carbonyl (C=O) groups is 1. The number of rotatable bonds is 5. The molecule has 0 bridgehead atoms. The molecule has 0 fully saturated rings. The molecule has 0 aliphatic rings. The molecule has 0 saturated carbocycles. The Morgan fingerprint density at radius 3 is 2.67 bits per heavy atom. The maximum atomic E-state index is 11.5. The van der Waals surface area contributed by atoms with Crippen molar-refractivity contribution in [1.29, 1.82) is 0 Å². The topological polar surface area (TPSA) is 29.1 Å². The zero-order valence-electron chi connectivity index (χ0n) is 9.19. The minimum atomic E-state index is 0.109. The fourth-order valence-corrected chi connectivity index (χ4v) is 1.81. The number of nitrogens with one attached hydrogen (secondary N) is 1. The summed E-state index contributed by atoms with van der Waals surface area (Å²) in [5, 5.41) is 2.94. The summed E-state index contributed by atoms with van der Waals surface area (Å²) in [6, 6.07) is 10.2. The fourth-order valence-electron chi connectivity index (χ4n) is 1.08. The summed E-state index contributed by atoms with van der Waals surface area (Å²) in [5.74, 6) is 0.604. The van der Waals surface area contributed by atoms with Crippen LogP contribution >= 0.6 is 11.8 Å². The maximum absolute atomic E-state index is 11.5. The predicted octanol–water partition coefficient (Wildman–Crippen LogP) is 2.69. The molecule has 0 aliphatic heterocycles. The average Bonchev–Trinajstić information content (AvgIpc) is 2.27. The van der Waals surface area contributed by atoms with E-state index in [9.17, 15) is 4.79 Å². The van der Waals surface area contributed by atoms with E-state index in [-0.39, 0.29) is 11.9 Å². The molecule has 0 spiro atoms. The third-order valence-corrected chi connectivity index (χ3v) is 3.14. The van der Waals surface area contributed by atoms with Crippen LogP contribution in [0, 0.1) is 0 Å². The van der Waals surface area contributed by atoms with Crippen LogP contribution < -0.4 is 5.32 Å². The van der Waals surface area contributed by atoms with Gasteiger partial charge in [-0.2, -0.15) is 0 Å². The van der Waals surface area contributed by atoms with Gasteiger partial charge in [-0.1, -0.05) is 25.1 Å². The van der Waals surface area contributed by atoms with Crippen LogP contribution in [0.5, 0.6) is 0 Å². The Labute approximate surface area is 95.5 Å². The predicted molar refractivity (Wildman–Crippen MR) is 65.1 cm³/mol. The lowest BCUT2D eigenvalue weighted by Gasteiger charge is -2.10. The maximum Gasteiger partial charge on any atom is 0.230 e. The van der Waals surface area contributed by atoms with E-state index in [0.29, 0.717) is 5.75 Å². The van der Waals surface area contributed by atoms with Crippen molar-refractivity contribution in [2.75, 3.05) is 5.75 Å². The molecule has 1 atom stereocenters. The van der Waals surface area contributed by atoms with E-state index in [0.717, 1.165) is 11.3 Å². The second-order valence-corrected chi connectivity index (χ2v) is 4.53. The van der Waals surface area contributed by atoms with Gasteiger partial charge in [0, 0.05) is 10.9 Å². The molecule has 0 aliphatic carbocycles. The van der Waals surface area contributed by atoms with Crippen LogP contribution in [0.4, 0.5) is 0 Å². The van der Waals surface area contributed by atoms with Crippen molar-refractivity contribution in [3.8, 4) is 0 Å². The smallest absolute Gasteiger partial charge is 0.230 e. The number of amides is 1. The molecule has 15 heavy (non-hydrogen) atoms. The van der Waals surface area contributed by atoms with Gasteiger partial charge in [0.2, 0.25) is 5.91 Å². The normalized spacial score (nSPS) is 12.1. The summed E-state index contributed by atoms with van der Waals surface area (Å²) in [7, 11) is 0. The summed E-state index contributed by atoms with van der Waals surface area (Å²) in [6.07, 6.45) is 0.974. The Hall–Kier alpha value is -0.960. The van der Waals surface area contributed by atoms with Crippen LogP contribution in [0.2, 0.25) is 0 Å². The van der Waals surface area contributed by atoms with Crippen LogP contribution in [-0.4, -0.2) is 17.7 Å². The van der Waals surface area contributed by atoms with Crippen LogP contribution in [-0.2, 0) is 4.79 Å². The quantitative estimate of drug-likeness (QED) is 0.778. The van der Waals surface area contributed by atoms with Crippen LogP contribution in [0.1, 0.15) is 20.3 Å². The Morgan fingerprint density at radius 2 is 2.07 bits per heavy atom. The van der Waals surface area contributed by atoms with Gasteiger partial charge in [0.05, 0.1) is 5.75 Å². The standard InChI is InChI=1S/C12H17NOS/c1-3-10(2)13-12(14)9-15-11-7-5-4-6-8-11/h4-8,10H,3,9H2,1-2H3,(H,13,14)/t10-/m1/s1. The summed E-state index contributed by atoms with van der Waals surface area (Å²) in [4.78, 5) is 12.6. The summed E-state index contributed by atoms with van der Waals surface area (Å²) < 4.78 is 0. The third-order valence-electron chi connectivity index (χ3n) is 2.13. The molecule has 2 nitrogen and oxygen atoms in total. The highest BCUT2D eigenvalue weighted by Gasteiger charge is 2.05. The van der Waals surface area contributed by atoms with Crippen molar-refractivity contribution in [1.82, 2.24) is 5.32 Å². The minimum Gasteiger partial charge on any atom is -0.353 e. The molecule has 1 aromatic carbocycles. The van der Waals surface area contributed by atoms with Crippen molar-refractivity contribution in [2.24, 2.45) is 0 Å². The molecule has 1 N–H and O–H groups in total. The van der Waals surface area contributed by atoms with Crippen LogP contribution in [0.25, 0.3) is 0 Å². The number of hydrogen-bond acceptors (Lipinski definition) is 2. The highest BCUT2D eigenvalue weighted by Crippen LogP contribution is 2.16. The minimum absolute atomic E-state index is 0.109. The average molecular weight is 223 g/mol. The summed E-state index contributed by atoms with van der Waals surface area (Å²) in [5.41, 5.74) is 0. The van der Waals surface area contributed by atoms with Crippen molar-refractivity contribution < 1.29 is 4.79 Å². The van der Waals surface area contributed by atoms with Gasteiger partial charge in [-0.05, 0) is 25.5 Å². The zero-order chi connectivity index (χ0) is 11.1. The van der Waals surface area contributed by atoms with Gasteiger partial charge in [-0.25, -0.2) is 0 Å². The molecule has 0 heterocycles. The highest BCUT2D eigenvalue weighted by atomic mass is 32.2. The number of hydrogen-bond donors (Lipinski definition) is 1. The first-order valence-corrected chi connectivity index (χ1v) is 6.18. The number of carbonyl (C=O) groups excluding carboxylic acids is 1. The van der Waals surface area contributed by atoms with Crippen molar-refractivity contribution >= 4 is 17.7 Å². The van der Waals surface area contributed by atoms with E-state index in [1.54, 1.807) is 11.8 Å². The van der Waals surface area contributed by atoms with Crippen molar-refractivity contribution in [3.63, 3.8) is 0 Å². The molecule has 0 radical (unpaired) electrons. The van der Waals surface area contributed by atoms with Crippen molar-refractivity contribution in [3.05, 3.63) is 30.3 Å². The van der Waals surface area contributed by atoms with Gasteiger partial charge in [-0.15, -0.1) is 11.8 Å². The lowest BCUT2D eigenvalue weighted by Crippen LogP contribution is -2.33. The first kappa shape index (κ1) is 12.1. The van der Waals surface area contributed by atoms with E-state index >= 15 is 0 Å². The second-order valence-electron chi connectivity index (χ2n) is 3.48. The van der Waals surface area contributed by atoms with Crippen molar-refractivity contribution in [2.45, 2.75) is 31.2 Å². The van der Waals surface area contributed by atoms with Gasteiger partial charge in [0.1, 0.15) is 0 Å². The Kier molecular flexibility index (Phi) is 5.26. The summed E-state index contributed by atoms with van der Waals surface area (Å²) in [6.45, 7) is 4.08. The van der Waals surface area contributed by atoms with Gasteiger partial charge in [0.25, 0.3) is 0 Å². The molecular weight excluding hydrogens is 206 g/mol. The molecule has 0 aromatic heterocycles. The van der Waals surface area contributed by atoms with E-state index < -0.39 is 0 Å². The van der Waals surface area contributed by atoms with Gasteiger partial charge < -0.3 is 5.32 Å². The Balaban J connectivity index is 2.29. The third kappa shape index (κ3) is 4.88. The number of benzene rings is 1. The largest absolute Gasteiger partial charge is 0.353 e. The van der Waals surface area contributed by atoms with E-state index in [1.807, 2.05) is 37.3 Å². The first-order valence-electron chi connectivity index (χ1n) is 5.19. The molecule has 0 saturated heterocycles. The monoisotopic (exact) mass is 223 g/mol. The Bertz CT molecular complexity index is 300. The lowest BCUT2D eigenvalue weighted by molar-refractivity contribution is -0.119. The van der Waals surface area contributed by atoms with Crippen LogP contribution in [0.15, 0.2) is 35.2 Å². The van der Waals surface area contributed by atoms with Gasteiger partial charge >= 0.3 is 0 Å².